The van der Waals surface area contributed by atoms with Gasteiger partial charge in [-0.25, -0.2) is 8.42 Å². The van der Waals surface area contributed by atoms with Crippen molar-refractivity contribution in [2.75, 3.05) is 5.32 Å². The Morgan fingerprint density at radius 2 is 1.82 bits per heavy atom. The molecule has 0 unspecified atom stereocenters. The van der Waals surface area contributed by atoms with E-state index < -0.39 is 22.0 Å². The molecular weight excluding hydrogens is 384 g/mol. The Kier molecular flexibility index (Phi) is 5.52. The molecule has 10 heteroatoms. The first kappa shape index (κ1) is 20.0. The SMILES string of the molecule is Cc1noc(C)c1S(=O)(=O)N[C@@H](C)C(=O)Nc1ccc(C(=O)NC2CC2)cc1. The van der Waals surface area contributed by atoms with Crippen LogP contribution in [0.2, 0.25) is 0 Å². The number of aromatic nitrogens is 1. The van der Waals surface area contributed by atoms with Crippen LogP contribution in [0.15, 0.2) is 33.7 Å². The quantitative estimate of drug-likeness (QED) is 0.639. The second-order valence-corrected chi connectivity index (χ2v) is 8.46. The number of hydrogen-bond acceptors (Lipinski definition) is 6. The van der Waals surface area contributed by atoms with Crippen LogP contribution in [0.3, 0.4) is 0 Å². The standard InChI is InChI=1S/C18H22N4O5S/c1-10-16(12(3)27-21-10)28(25,26)22-11(2)17(23)19-14-6-4-13(5-7-14)18(24)20-15-8-9-15/h4-7,11,15,22H,8-9H2,1-3H3,(H,19,23)(H,20,24)/t11-/m0/s1. The highest BCUT2D eigenvalue weighted by atomic mass is 32.2. The molecule has 3 rings (SSSR count). The lowest BCUT2D eigenvalue weighted by molar-refractivity contribution is -0.117. The molecule has 0 aliphatic heterocycles. The first-order valence-electron chi connectivity index (χ1n) is 8.84. The molecule has 0 spiro atoms. The fourth-order valence-corrected chi connectivity index (χ4v) is 4.19. The van der Waals surface area contributed by atoms with Crippen LogP contribution in [0, 0.1) is 13.8 Å². The molecule has 1 aromatic carbocycles. The van der Waals surface area contributed by atoms with Crippen molar-refractivity contribution < 1.29 is 22.5 Å². The number of carbonyl (C=O) groups excluding carboxylic acids is 2. The van der Waals surface area contributed by atoms with Crippen LogP contribution >= 0.6 is 0 Å². The monoisotopic (exact) mass is 406 g/mol. The van der Waals surface area contributed by atoms with Crippen LogP contribution in [-0.4, -0.2) is 37.5 Å². The van der Waals surface area contributed by atoms with E-state index in [0.717, 1.165) is 12.8 Å². The largest absolute Gasteiger partial charge is 0.360 e. The Morgan fingerprint density at radius 1 is 1.18 bits per heavy atom. The number of nitrogens with zero attached hydrogens (tertiary/aromatic N) is 1. The number of sulfonamides is 1. The van der Waals surface area contributed by atoms with Crippen molar-refractivity contribution >= 4 is 27.5 Å². The predicted molar refractivity (Wildman–Crippen MR) is 101 cm³/mol. The van der Waals surface area contributed by atoms with Crippen molar-refractivity contribution in [2.45, 2.75) is 50.6 Å². The molecule has 1 heterocycles. The molecule has 1 aliphatic rings. The normalized spacial score (nSPS) is 15.1. The van der Waals surface area contributed by atoms with Gasteiger partial charge in [0.15, 0.2) is 5.76 Å². The lowest BCUT2D eigenvalue weighted by Crippen LogP contribution is -2.41. The number of aryl methyl sites for hydroxylation is 2. The van der Waals surface area contributed by atoms with E-state index in [9.17, 15) is 18.0 Å². The summed E-state index contributed by atoms with van der Waals surface area (Å²) in [6.45, 7) is 4.43. The van der Waals surface area contributed by atoms with Crippen molar-refractivity contribution in [1.29, 1.82) is 0 Å². The maximum atomic E-state index is 12.5. The average molecular weight is 406 g/mol. The lowest BCUT2D eigenvalue weighted by atomic mass is 10.2. The summed E-state index contributed by atoms with van der Waals surface area (Å²) >= 11 is 0. The van der Waals surface area contributed by atoms with Gasteiger partial charge in [0.1, 0.15) is 10.6 Å². The first-order chi connectivity index (χ1) is 13.2. The van der Waals surface area contributed by atoms with Gasteiger partial charge in [-0.05, 0) is 57.9 Å². The molecule has 3 N–H and O–H groups in total. The van der Waals surface area contributed by atoms with Crippen molar-refractivity contribution in [3.05, 3.63) is 41.3 Å². The smallest absolute Gasteiger partial charge is 0.251 e. The summed E-state index contributed by atoms with van der Waals surface area (Å²) in [5.41, 5.74) is 1.17. The molecule has 2 aromatic rings. The molecule has 0 saturated heterocycles. The number of carbonyl (C=O) groups is 2. The fraction of sp³-hybridized carbons (Fsp3) is 0.389. The molecule has 2 amide bonds. The third kappa shape index (κ3) is 4.57. The summed E-state index contributed by atoms with van der Waals surface area (Å²) in [7, 11) is -3.96. The molecule has 1 fully saturated rings. The summed E-state index contributed by atoms with van der Waals surface area (Å²) in [6, 6.07) is 5.62. The van der Waals surface area contributed by atoms with E-state index in [1.807, 2.05) is 0 Å². The molecular formula is C18H22N4O5S. The molecule has 1 aliphatic carbocycles. The highest BCUT2D eigenvalue weighted by molar-refractivity contribution is 7.89. The minimum Gasteiger partial charge on any atom is -0.360 e. The van der Waals surface area contributed by atoms with E-state index in [1.165, 1.54) is 20.8 Å². The summed E-state index contributed by atoms with van der Waals surface area (Å²) in [5, 5.41) is 9.12. The van der Waals surface area contributed by atoms with Crippen LogP contribution < -0.4 is 15.4 Å². The third-order valence-electron chi connectivity index (χ3n) is 4.29. The van der Waals surface area contributed by atoms with Crippen molar-refractivity contribution in [2.24, 2.45) is 0 Å². The Balaban J connectivity index is 1.61. The Bertz CT molecular complexity index is 974. The maximum Gasteiger partial charge on any atom is 0.251 e. The minimum atomic E-state index is -3.96. The van der Waals surface area contributed by atoms with E-state index in [2.05, 4.69) is 20.5 Å². The zero-order chi connectivity index (χ0) is 20.5. The van der Waals surface area contributed by atoms with Gasteiger partial charge >= 0.3 is 0 Å². The highest BCUT2D eigenvalue weighted by Crippen LogP contribution is 2.20. The Morgan fingerprint density at radius 3 is 2.36 bits per heavy atom. The zero-order valence-corrected chi connectivity index (χ0v) is 16.6. The molecule has 1 saturated carbocycles. The number of hydrogen-bond donors (Lipinski definition) is 3. The molecule has 1 atom stereocenters. The number of rotatable bonds is 7. The van der Waals surface area contributed by atoms with Crippen molar-refractivity contribution in [1.82, 2.24) is 15.2 Å². The van der Waals surface area contributed by atoms with Gasteiger partial charge in [-0.15, -0.1) is 0 Å². The van der Waals surface area contributed by atoms with E-state index in [4.69, 9.17) is 4.52 Å². The summed E-state index contributed by atoms with van der Waals surface area (Å²) < 4.78 is 32.1. The van der Waals surface area contributed by atoms with Crippen LogP contribution in [0.4, 0.5) is 5.69 Å². The topological polar surface area (TPSA) is 130 Å². The first-order valence-corrected chi connectivity index (χ1v) is 10.3. The van der Waals surface area contributed by atoms with Crippen LogP contribution in [-0.2, 0) is 14.8 Å². The number of nitrogens with one attached hydrogen (secondary N) is 3. The molecule has 9 nitrogen and oxygen atoms in total. The second-order valence-electron chi connectivity index (χ2n) is 6.81. The third-order valence-corrected chi connectivity index (χ3v) is 6.07. The van der Waals surface area contributed by atoms with Gasteiger partial charge in [0, 0.05) is 17.3 Å². The van der Waals surface area contributed by atoms with E-state index in [1.54, 1.807) is 24.3 Å². The summed E-state index contributed by atoms with van der Waals surface area (Å²) in [4.78, 5) is 24.2. The average Bonchev–Trinajstić information content (AvgIpc) is 3.37. The molecule has 0 radical (unpaired) electrons. The van der Waals surface area contributed by atoms with Gasteiger partial charge in [0.05, 0.1) is 6.04 Å². The van der Waals surface area contributed by atoms with Crippen LogP contribution in [0.5, 0.6) is 0 Å². The summed E-state index contributed by atoms with van der Waals surface area (Å²) in [6.07, 6.45) is 2.00. The molecule has 1 aromatic heterocycles. The van der Waals surface area contributed by atoms with Crippen LogP contribution in [0.1, 0.15) is 41.6 Å². The summed E-state index contributed by atoms with van der Waals surface area (Å²) in [5.74, 6) is -0.538. The second kappa shape index (κ2) is 7.72. The Labute approximate surface area is 162 Å². The van der Waals surface area contributed by atoms with Gasteiger partial charge < -0.3 is 15.2 Å². The molecule has 0 bridgehead atoms. The molecule has 28 heavy (non-hydrogen) atoms. The number of amides is 2. The zero-order valence-electron chi connectivity index (χ0n) is 15.8. The number of benzene rings is 1. The predicted octanol–water partition coefficient (Wildman–Crippen LogP) is 1.49. The van der Waals surface area contributed by atoms with Gasteiger partial charge in [-0.1, -0.05) is 5.16 Å². The maximum absolute atomic E-state index is 12.5. The van der Waals surface area contributed by atoms with Crippen molar-refractivity contribution in [3.8, 4) is 0 Å². The lowest BCUT2D eigenvalue weighted by Gasteiger charge is -2.14. The fourth-order valence-electron chi connectivity index (χ4n) is 2.66. The van der Waals surface area contributed by atoms with Gasteiger partial charge in [-0.2, -0.15) is 4.72 Å². The minimum absolute atomic E-state index is 0.0711. The van der Waals surface area contributed by atoms with Crippen LogP contribution in [0.25, 0.3) is 0 Å². The highest BCUT2D eigenvalue weighted by Gasteiger charge is 2.28. The van der Waals surface area contributed by atoms with E-state index >= 15 is 0 Å². The Hall–Kier alpha value is -2.72. The van der Waals surface area contributed by atoms with Gasteiger partial charge in [0.2, 0.25) is 15.9 Å². The van der Waals surface area contributed by atoms with Gasteiger partial charge in [0.25, 0.3) is 5.91 Å². The van der Waals surface area contributed by atoms with Gasteiger partial charge in [-0.3, -0.25) is 9.59 Å². The van der Waals surface area contributed by atoms with E-state index in [-0.39, 0.29) is 28.3 Å². The van der Waals surface area contributed by atoms with E-state index in [0.29, 0.717) is 11.3 Å². The van der Waals surface area contributed by atoms with Crippen molar-refractivity contribution in [3.63, 3.8) is 0 Å². The number of anilines is 1. The molecule has 150 valence electrons.